The number of ether oxygens (including phenoxy) is 1. The van der Waals surface area contributed by atoms with E-state index in [9.17, 15) is 13.6 Å². The van der Waals surface area contributed by atoms with Crippen LogP contribution >= 0.6 is 0 Å². The van der Waals surface area contributed by atoms with Crippen molar-refractivity contribution < 1.29 is 18.3 Å². The second-order valence-corrected chi connectivity index (χ2v) is 2.65. The van der Waals surface area contributed by atoms with Crippen molar-refractivity contribution in [1.29, 1.82) is 0 Å². The maximum Gasteiger partial charge on any atom is 0.308 e. The van der Waals surface area contributed by atoms with Crippen molar-refractivity contribution >= 4 is 5.97 Å². The second-order valence-electron chi connectivity index (χ2n) is 2.65. The van der Waals surface area contributed by atoms with Crippen LogP contribution in [-0.4, -0.2) is 5.97 Å². The maximum atomic E-state index is 13.0. The van der Waals surface area contributed by atoms with Crippen LogP contribution in [0.2, 0.25) is 0 Å². The molecule has 0 aliphatic carbocycles. The first kappa shape index (κ1) is 9.64. The van der Waals surface area contributed by atoms with Gasteiger partial charge < -0.3 is 4.74 Å². The van der Waals surface area contributed by atoms with Crippen LogP contribution in [0.15, 0.2) is 12.1 Å². The SMILES string of the molecule is CC(=O)Oc1c(F)cc(C)cc1F. The first-order valence-electron chi connectivity index (χ1n) is 3.65. The van der Waals surface area contributed by atoms with Gasteiger partial charge in [0.1, 0.15) is 0 Å². The Kier molecular flexibility index (Phi) is 2.60. The maximum absolute atomic E-state index is 13.0. The third-order valence-electron chi connectivity index (χ3n) is 1.39. The zero-order valence-electron chi connectivity index (χ0n) is 7.23. The fraction of sp³-hybridized carbons (Fsp3) is 0.222. The van der Waals surface area contributed by atoms with Crippen LogP contribution in [0.25, 0.3) is 0 Å². The average Bonchev–Trinajstić information content (AvgIpc) is 1.96. The monoisotopic (exact) mass is 186 g/mol. The van der Waals surface area contributed by atoms with Gasteiger partial charge in [-0.15, -0.1) is 0 Å². The molecule has 0 spiro atoms. The highest BCUT2D eigenvalue weighted by Crippen LogP contribution is 2.22. The molecule has 1 aromatic rings. The standard InChI is InChI=1S/C9H8F2O2/c1-5-3-7(10)9(8(11)4-5)13-6(2)12/h3-4H,1-2H3. The molecule has 0 saturated carbocycles. The van der Waals surface area contributed by atoms with Gasteiger partial charge in [-0.2, -0.15) is 0 Å². The van der Waals surface area contributed by atoms with Gasteiger partial charge in [0, 0.05) is 6.92 Å². The lowest BCUT2D eigenvalue weighted by molar-refractivity contribution is -0.132. The molecular formula is C9H8F2O2. The first-order valence-corrected chi connectivity index (χ1v) is 3.65. The minimum atomic E-state index is -0.868. The van der Waals surface area contributed by atoms with Crippen LogP contribution in [0.4, 0.5) is 8.78 Å². The summed E-state index contributed by atoms with van der Waals surface area (Å²) in [6.07, 6.45) is 0. The third-order valence-corrected chi connectivity index (χ3v) is 1.39. The summed E-state index contributed by atoms with van der Waals surface area (Å²) in [5, 5.41) is 0. The summed E-state index contributed by atoms with van der Waals surface area (Å²) in [6.45, 7) is 2.63. The lowest BCUT2D eigenvalue weighted by atomic mass is 10.2. The zero-order chi connectivity index (χ0) is 10.0. The number of esters is 1. The van der Waals surface area contributed by atoms with Crippen molar-refractivity contribution in [3.05, 3.63) is 29.3 Å². The van der Waals surface area contributed by atoms with E-state index in [1.807, 2.05) is 0 Å². The minimum Gasteiger partial charge on any atom is -0.420 e. The first-order chi connectivity index (χ1) is 6.00. The van der Waals surface area contributed by atoms with E-state index in [-0.39, 0.29) is 0 Å². The fourth-order valence-electron chi connectivity index (χ4n) is 0.928. The summed E-state index contributed by atoms with van der Waals surface area (Å²) in [5.74, 6) is -3.12. The Morgan fingerprint density at radius 2 is 1.77 bits per heavy atom. The Morgan fingerprint density at radius 1 is 1.31 bits per heavy atom. The van der Waals surface area contributed by atoms with Crippen molar-refractivity contribution in [2.24, 2.45) is 0 Å². The van der Waals surface area contributed by atoms with Gasteiger partial charge in [0.05, 0.1) is 0 Å². The number of carbonyl (C=O) groups excluding carboxylic acids is 1. The fourth-order valence-corrected chi connectivity index (χ4v) is 0.928. The highest BCUT2D eigenvalue weighted by molar-refractivity contribution is 5.69. The number of halogens is 2. The molecule has 1 rings (SSSR count). The topological polar surface area (TPSA) is 26.3 Å². The lowest BCUT2D eigenvalue weighted by Gasteiger charge is -2.04. The molecule has 0 saturated heterocycles. The van der Waals surface area contributed by atoms with Crippen LogP contribution in [0.5, 0.6) is 5.75 Å². The van der Waals surface area contributed by atoms with Crippen LogP contribution in [0, 0.1) is 18.6 Å². The predicted molar refractivity (Wildman–Crippen MR) is 42.4 cm³/mol. The Bertz CT molecular complexity index is 324. The molecular weight excluding hydrogens is 178 g/mol. The van der Waals surface area contributed by atoms with E-state index in [0.29, 0.717) is 5.56 Å². The quantitative estimate of drug-likeness (QED) is 0.496. The summed E-state index contributed by atoms with van der Waals surface area (Å²) in [4.78, 5) is 10.4. The molecule has 0 heterocycles. The van der Waals surface area contributed by atoms with Gasteiger partial charge in [-0.05, 0) is 24.6 Å². The van der Waals surface area contributed by atoms with E-state index < -0.39 is 23.4 Å². The molecule has 0 aliphatic heterocycles. The van der Waals surface area contributed by atoms with Gasteiger partial charge in [0.2, 0.25) is 5.75 Å². The van der Waals surface area contributed by atoms with E-state index in [0.717, 1.165) is 19.1 Å². The van der Waals surface area contributed by atoms with Crippen LogP contribution in [-0.2, 0) is 4.79 Å². The predicted octanol–water partition coefficient (Wildman–Crippen LogP) is 2.20. The van der Waals surface area contributed by atoms with E-state index in [4.69, 9.17) is 0 Å². The van der Waals surface area contributed by atoms with Crippen LogP contribution in [0.1, 0.15) is 12.5 Å². The summed E-state index contributed by atoms with van der Waals surface area (Å²) in [6, 6.07) is 2.20. The molecule has 0 aromatic heterocycles. The molecule has 2 nitrogen and oxygen atoms in total. The number of benzene rings is 1. The van der Waals surface area contributed by atoms with Crippen LogP contribution in [0.3, 0.4) is 0 Å². The molecule has 0 unspecified atom stereocenters. The molecule has 0 radical (unpaired) electrons. The highest BCUT2D eigenvalue weighted by atomic mass is 19.1. The minimum absolute atomic E-state index is 0.436. The third kappa shape index (κ3) is 2.24. The lowest BCUT2D eigenvalue weighted by Crippen LogP contribution is -2.05. The average molecular weight is 186 g/mol. The van der Waals surface area contributed by atoms with Gasteiger partial charge in [-0.3, -0.25) is 4.79 Å². The smallest absolute Gasteiger partial charge is 0.308 e. The van der Waals surface area contributed by atoms with Crippen molar-refractivity contribution in [2.75, 3.05) is 0 Å². The van der Waals surface area contributed by atoms with Crippen molar-refractivity contribution in [1.82, 2.24) is 0 Å². The summed E-state index contributed by atoms with van der Waals surface area (Å²) < 4.78 is 30.3. The van der Waals surface area contributed by atoms with Gasteiger partial charge in [-0.1, -0.05) is 0 Å². The number of hydrogen-bond donors (Lipinski definition) is 0. The van der Waals surface area contributed by atoms with Crippen molar-refractivity contribution in [3.63, 3.8) is 0 Å². The number of carbonyl (C=O) groups is 1. The molecule has 0 N–H and O–H groups in total. The number of rotatable bonds is 1. The largest absolute Gasteiger partial charge is 0.420 e. The molecule has 0 amide bonds. The molecule has 13 heavy (non-hydrogen) atoms. The summed E-state index contributed by atoms with van der Waals surface area (Å²) >= 11 is 0. The van der Waals surface area contributed by atoms with Gasteiger partial charge in [0.15, 0.2) is 11.6 Å². The Labute approximate surface area is 74.1 Å². The molecule has 0 aliphatic rings. The molecule has 0 bridgehead atoms. The van der Waals surface area contributed by atoms with Crippen LogP contribution < -0.4 is 4.74 Å². The molecule has 0 atom stereocenters. The Balaban J connectivity index is 3.13. The molecule has 70 valence electrons. The van der Waals surface area contributed by atoms with Crippen molar-refractivity contribution in [2.45, 2.75) is 13.8 Å². The highest BCUT2D eigenvalue weighted by Gasteiger charge is 2.12. The Morgan fingerprint density at radius 3 is 2.15 bits per heavy atom. The van der Waals surface area contributed by atoms with Gasteiger partial charge in [-0.25, -0.2) is 8.78 Å². The molecule has 4 heteroatoms. The van der Waals surface area contributed by atoms with E-state index in [2.05, 4.69) is 4.74 Å². The summed E-state index contributed by atoms with van der Waals surface area (Å²) in [5.41, 5.74) is 0.436. The van der Waals surface area contributed by atoms with Gasteiger partial charge >= 0.3 is 5.97 Å². The normalized spacial score (nSPS) is 9.85. The van der Waals surface area contributed by atoms with E-state index in [1.165, 1.54) is 0 Å². The summed E-state index contributed by atoms with van der Waals surface area (Å²) in [7, 11) is 0. The van der Waals surface area contributed by atoms with Crippen molar-refractivity contribution in [3.8, 4) is 5.75 Å². The number of hydrogen-bond acceptors (Lipinski definition) is 2. The molecule has 0 fully saturated rings. The molecule has 1 aromatic carbocycles. The van der Waals surface area contributed by atoms with Gasteiger partial charge in [0.25, 0.3) is 0 Å². The Hall–Kier alpha value is -1.45. The zero-order valence-corrected chi connectivity index (χ0v) is 7.23. The number of aryl methyl sites for hydroxylation is 1. The van der Waals surface area contributed by atoms with E-state index in [1.54, 1.807) is 6.92 Å². The second kappa shape index (κ2) is 3.51. The van der Waals surface area contributed by atoms with E-state index >= 15 is 0 Å².